The Bertz CT molecular complexity index is 549. The molecule has 0 amide bonds. The lowest BCUT2D eigenvalue weighted by Gasteiger charge is -2.22. The minimum atomic E-state index is -3.39. The van der Waals surface area contributed by atoms with Gasteiger partial charge in [0.15, 0.2) is 0 Å². The number of hydrogen-bond donors (Lipinski definition) is 1. The van der Waals surface area contributed by atoms with Gasteiger partial charge in [0, 0.05) is 19.6 Å². The molecule has 1 aliphatic rings. The molecule has 4 nitrogen and oxygen atoms in total. The third-order valence-electron chi connectivity index (χ3n) is 3.67. The summed E-state index contributed by atoms with van der Waals surface area (Å²) in [6.07, 6.45) is 2.18. The van der Waals surface area contributed by atoms with E-state index in [4.69, 9.17) is 0 Å². The van der Waals surface area contributed by atoms with Gasteiger partial charge in [-0.2, -0.15) is 4.31 Å². The van der Waals surface area contributed by atoms with Crippen LogP contribution in [-0.2, 0) is 10.0 Å². The van der Waals surface area contributed by atoms with Gasteiger partial charge in [-0.25, -0.2) is 8.42 Å². The minimum absolute atomic E-state index is 0.282. The second-order valence-electron chi connectivity index (χ2n) is 5.35. The van der Waals surface area contributed by atoms with Crippen LogP contribution in [0, 0.1) is 13.8 Å². The van der Waals surface area contributed by atoms with Gasteiger partial charge < -0.3 is 5.32 Å². The Morgan fingerprint density at radius 1 is 1.37 bits per heavy atom. The van der Waals surface area contributed by atoms with Crippen molar-refractivity contribution in [1.29, 1.82) is 0 Å². The molecule has 2 rings (SSSR count). The molecule has 1 aromatic carbocycles. The van der Waals surface area contributed by atoms with Gasteiger partial charge in [0.05, 0.1) is 4.90 Å². The topological polar surface area (TPSA) is 49.4 Å². The van der Waals surface area contributed by atoms with Crippen molar-refractivity contribution in [2.45, 2.75) is 37.6 Å². The van der Waals surface area contributed by atoms with Crippen molar-refractivity contribution in [1.82, 2.24) is 9.62 Å². The van der Waals surface area contributed by atoms with Crippen molar-refractivity contribution >= 4 is 10.0 Å². The molecule has 0 saturated carbocycles. The van der Waals surface area contributed by atoms with Crippen molar-refractivity contribution in [2.75, 3.05) is 20.1 Å². The van der Waals surface area contributed by atoms with Gasteiger partial charge in [0.2, 0.25) is 10.0 Å². The standard InChI is InChI=1S/C14H22N2O2S/c1-11-6-7-12(2)14(9-11)19(17,18)16(3)10-13-5-4-8-15-13/h6-7,9,13,15H,4-5,8,10H2,1-3H3. The number of likely N-dealkylation sites (N-methyl/N-ethyl adjacent to an activating group) is 1. The predicted molar refractivity (Wildman–Crippen MR) is 76.8 cm³/mol. The lowest BCUT2D eigenvalue weighted by Crippen LogP contribution is -2.38. The summed E-state index contributed by atoms with van der Waals surface area (Å²) in [7, 11) is -1.72. The lowest BCUT2D eigenvalue weighted by atomic mass is 10.2. The highest BCUT2D eigenvalue weighted by Gasteiger charge is 2.26. The molecule has 5 heteroatoms. The molecule has 0 aliphatic carbocycles. The third kappa shape index (κ3) is 3.16. The molecule has 1 unspecified atom stereocenters. The van der Waals surface area contributed by atoms with Crippen molar-refractivity contribution in [3.05, 3.63) is 29.3 Å². The fourth-order valence-corrected chi connectivity index (χ4v) is 4.00. The third-order valence-corrected chi connectivity index (χ3v) is 5.64. The average Bonchev–Trinajstić information content (AvgIpc) is 2.85. The number of nitrogens with zero attached hydrogens (tertiary/aromatic N) is 1. The van der Waals surface area contributed by atoms with E-state index in [1.807, 2.05) is 26.0 Å². The molecular formula is C14H22N2O2S. The average molecular weight is 282 g/mol. The van der Waals surface area contributed by atoms with E-state index >= 15 is 0 Å². The number of rotatable bonds is 4. The molecule has 1 atom stereocenters. The first-order valence-corrected chi connectivity index (χ1v) is 8.12. The zero-order valence-electron chi connectivity index (χ0n) is 11.8. The van der Waals surface area contributed by atoms with Crippen LogP contribution in [0.5, 0.6) is 0 Å². The molecule has 1 saturated heterocycles. The summed E-state index contributed by atoms with van der Waals surface area (Å²) in [6.45, 7) is 5.28. The van der Waals surface area contributed by atoms with Gasteiger partial charge in [-0.05, 0) is 50.4 Å². The zero-order chi connectivity index (χ0) is 14.0. The SMILES string of the molecule is Cc1ccc(C)c(S(=O)(=O)N(C)CC2CCCN2)c1. The molecule has 1 heterocycles. The van der Waals surface area contributed by atoms with Gasteiger partial charge in [-0.1, -0.05) is 12.1 Å². The van der Waals surface area contributed by atoms with Gasteiger partial charge in [0.25, 0.3) is 0 Å². The minimum Gasteiger partial charge on any atom is -0.313 e. The molecule has 0 bridgehead atoms. The quantitative estimate of drug-likeness (QED) is 0.914. The molecule has 0 radical (unpaired) electrons. The van der Waals surface area contributed by atoms with Gasteiger partial charge in [-0.3, -0.25) is 0 Å². The van der Waals surface area contributed by atoms with Crippen LogP contribution >= 0.6 is 0 Å². The van der Waals surface area contributed by atoms with E-state index in [9.17, 15) is 8.42 Å². The van der Waals surface area contributed by atoms with E-state index in [-0.39, 0.29) is 6.04 Å². The van der Waals surface area contributed by atoms with Crippen LogP contribution < -0.4 is 5.32 Å². The van der Waals surface area contributed by atoms with E-state index in [1.165, 1.54) is 4.31 Å². The fourth-order valence-electron chi connectivity index (χ4n) is 2.47. The molecule has 106 valence electrons. The van der Waals surface area contributed by atoms with Gasteiger partial charge in [-0.15, -0.1) is 0 Å². The Kier molecular flexibility index (Phi) is 4.28. The highest BCUT2D eigenvalue weighted by atomic mass is 32.2. The second kappa shape index (κ2) is 5.61. The Morgan fingerprint density at radius 2 is 2.11 bits per heavy atom. The van der Waals surface area contributed by atoms with Crippen molar-refractivity contribution < 1.29 is 8.42 Å². The molecule has 0 spiro atoms. The lowest BCUT2D eigenvalue weighted by molar-refractivity contribution is 0.417. The van der Waals surface area contributed by atoms with Crippen molar-refractivity contribution in [3.8, 4) is 0 Å². The van der Waals surface area contributed by atoms with Crippen LogP contribution in [-0.4, -0.2) is 38.9 Å². The van der Waals surface area contributed by atoms with E-state index in [2.05, 4.69) is 5.32 Å². The summed E-state index contributed by atoms with van der Waals surface area (Å²) in [5.74, 6) is 0. The Hall–Kier alpha value is -0.910. The summed E-state index contributed by atoms with van der Waals surface area (Å²) >= 11 is 0. The van der Waals surface area contributed by atoms with Crippen molar-refractivity contribution in [2.24, 2.45) is 0 Å². The van der Waals surface area contributed by atoms with Crippen LogP contribution in [0.15, 0.2) is 23.1 Å². The zero-order valence-corrected chi connectivity index (χ0v) is 12.6. The Balaban J connectivity index is 2.22. The maximum Gasteiger partial charge on any atom is 0.243 e. The fraction of sp³-hybridized carbons (Fsp3) is 0.571. The summed E-state index contributed by atoms with van der Waals surface area (Å²) in [4.78, 5) is 0.424. The summed E-state index contributed by atoms with van der Waals surface area (Å²) in [6, 6.07) is 5.84. The van der Waals surface area contributed by atoms with Gasteiger partial charge >= 0.3 is 0 Å². The highest BCUT2D eigenvalue weighted by molar-refractivity contribution is 7.89. The first-order chi connectivity index (χ1) is 8.91. The van der Waals surface area contributed by atoms with Crippen LogP contribution in [0.1, 0.15) is 24.0 Å². The number of aryl methyl sites for hydroxylation is 2. The van der Waals surface area contributed by atoms with Crippen molar-refractivity contribution in [3.63, 3.8) is 0 Å². The molecule has 0 aromatic heterocycles. The second-order valence-corrected chi connectivity index (χ2v) is 7.36. The molecule has 1 aliphatic heterocycles. The van der Waals surface area contributed by atoms with Gasteiger partial charge in [0.1, 0.15) is 0 Å². The molecule has 1 N–H and O–H groups in total. The predicted octanol–water partition coefficient (Wildman–Crippen LogP) is 1.68. The van der Waals surface area contributed by atoms with Crippen LogP contribution in [0.3, 0.4) is 0 Å². The molecule has 19 heavy (non-hydrogen) atoms. The van der Waals surface area contributed by atoms with Crippen LogP contribution in [0.25, 0.3) is 0 Å². The van der Waals surface area contributed by atoms with E-state index in [0.717, 1.165) is 30.5 Å². The maximum absolute atomic E-state index is 12.6. The first kappa shape index (κ1) is 14.5. The number of sulfonamides is 1. The Labute approximate surface area is 115 Å². The summed E-state index contributed by atoms with van der Waals surface area (Å²) in [5, 5.41) is 3.33. The molecule has 1 fully saturated rings. The molecule has 1 aromatic rings. The molecular weight excluding hydrogens is 260 g/mol. The normalized spacial score (nSPS) is 20.1. The summed E-state index contributed by atoms with van der Waals surface area (Å²) < 4.78 is 26.7. The number of nitrogens with one attached hydrogen (secondary N) is 1. The van der Waals surface area contributed by atoms with E-state index < -0.39 is 10.0 Å². The van der Waals surface area contributed by atoms with E-state index in [1.54, 1.807) is 13.1 Å². The van der Waals surface area contributed by atoms with Crippen LogP contribution in [0.2, 0.25) is 0 Å². The number of benzene rings is 1. The largest absolute Gasteiger partial charge is 0.313 e. The highest BCUT2D eigenvalue weighted by Crippen LogP contribution is 2.21. The van der Waals surface area contributed by atoms with Crippen LogP contribution in [0.4, 0.5) is 0 Å². The van der Waals surface area contributed by atoms with E-state index in [0.29, 0.717) is 11.4 Å². The Morgan fingerprint density at radius 3 is 2.74 bits per heavy atom. The summed E-state index contributed by atoms with van der Waals surface area (Å²) in [5.41, 5.74) is 1.77. The maximum atomic E-state index is 12.6. The smallest absolute Gasteiger partial charge is 0.243 e. The number of hydrogen-bond acceptors (Lipinski definition) is 3. The first-order valence-electron chi connectivity index (χ1n) is 6.68. The monoisotopic (exact) mass is 282 g/mol.